The minimum absolute atomic E-state index is 0.0473. The molecule has 13 nitrogen and oxygen atoms in total. The molecule has 61 heavy (non-hydrogen) atoms. The van der Waals surface area contributed by atoms with E-state index in [1.54, 1.807) is 24.3 Å². The Balaban J connectivity index is 1.07. The fourth-order valence-corrected chi connectivity index (χ4v) is 8.44. The molecule has 19 heteroatoms. The van der Waals surface area contributed by atoms with Crippen molar-refractivity contribution in [3.63, 3.8) is 0 Å². The molecular weight excluding hydrogens is 824 g/mol. The summed E-state index contributed by atoms with van der Waals surface area (Å²) in [5, 5.41) is 17.3. The number of rotatable bonds is 12. The predicted molar refractivity (Wildman–Crippen MR) is 221 cm³/mol. The molecule has 3 N–H and O–H groups in total. The van der Waals surface area contributed by atoms with Crippen molar-refractivity contribution >= 4 is 63.7 Å². The van der Waals surface area contributed by atoms with Crippen molar-refractivity contribution in [1.82, 2.24) is 15.1 Å². The summed E-state index contributed by atoms with van der Waals surface area (Å²) in [5.74, 6) is -5.15. The fraction of sp³-hybridized carbons (Fsp3) is 0.429. The number of piperazine rings is 1. The van der Waals surface area contributed by atoms with Gasteiger partial charge < -0.3 is 20.3 Å². The van der Waals surface area contributed by atoms with E-state index in [4.69, 9.17) is 17.0 Å². The number of carbonyl (C=O) groups excluding carboxylic acids is 4. The lowest BCUT2D eigenvalue weighted by Gasteiger charge is -2.44. The number of nitrogens with zero attached hydrogens (tertiary/aromatic N) is 5. The van der Waals surface area contributed by atoms with E-state index in [0.29, 0.717) is 50.4 Å². The van der Waals surface area contributed by atoms with Gasteiger partial charge in [0, 0.05) is 62.1 Å². The molecular formula is C42H45F5N8O5S. The van der Waals surface area contributed by atoms with Gasteiger partial charge in [-0.3, -0.25) is 39.2 Å². The van der Waals surface area contributed by atoms with Gasteiger partial charge in [0.15, 0.2) is 5.11 Å². The first-order chi connectivity index (χ1) is 28.6. The third kappa shape index (κ3) is 9.77. The minimum Gasteiger partial charge on any atom is -0.492 e. The van der Waals surface area contributed by atoms with Crippen molar-refractivity contribution in [1.29, 1.82) is 5.26 Å². The summed E-state index contributed by atoms with van der Waals surface area (Å²) in [4.78, 5) is 56.9. The smallest absolute Gasteiger partial charge is 0.417 e. The van der Waals surface area contributed by atoms with Gasteiger partial charge in [-0.25, -0.2) is 8.78 Å². The monoisotopic (exact) mass is 868 g/mol. The molecule has 3 aliphatic rings. The number of amides is 4. The van der Waals surface area contributed by atoms with Gasteiger partial charge in [-0.15, -0.1) is 0 Å². The number of nitriles is 1. The second-order valence-electron chi connectivity index (χ2n) is 16.0. The molecule has 0 bridgehead atoms. The summed E-state index contributed by atoms with van der Waals surface area (Å²) in [6, 6.07) is 14.5. The largest absolute Gasteiger partial charge is 0.492 e. The Morgan fingerprint density at radius 1 is 0.967 bits per heavy atom. The van der Waals surface area contributed by atoms with Crippen LogP contribution >= 0.6 is 12.2 Å². The van der Waals surface area contributed by atoms with Crippen LogP contribution in [0, 0.1) is 11.3 Å². The van der Waals surface area contributed by atoms with E-state index in [1.165, 1.54) is 43.0 Å². The number of anilines is 4. The van der Waals surface area contributed by atoms with Crippen LogP contribution in [-0.2, 0) is 31.3 Å². The summed E-state index contributed by atoms with van der Waals surface area (Å²) in [6.07, 6.45) is -4.29. The lowest BCUT2D eigenvalue weighted by molar-refractivity contribution is -0.138. The van der Waals surface area contributed by atoms with Crippen LogP contribution in [0.2, 0.25) is 0 Å². The quantitative estimate of drug-likeness (QED) is 0.108. The van der Waals surface area contributed by atoms with E-state index in [2.05, 4.69) is 25.8 Å². The first kappa shape index (κ1) is 44.8. The molecule has 0 saturated carbocycles. The molecule has 3 atom stereocenters. The van der Waals surface area contributed by atoms with Crippen LogP contribution in [0.1, 0.15) is 64.2 Å². The molecule has 3 aromatic rings. The fourth-order valence-electron chi connectivity index (χ4n) is 7.92. The second kappa shape index (κ2) is 17.3. The third-order valence-corrected chi connectivity index (χ3v) is 11.3. The summed E-state index contributed by atoms with van der Waals surface area (Å²) in [6.45, 7) is 9.31. The van der Waals surface area contributed by atoms with E-state index < -0.39 is 52.2 Å². The number of thiocarbonyl (C=S) groups is 1. The highest BCUT2D eigenvalue weighted by Crippen LogP contribution is 2.43. The number of alkyl halides is 5. The zero-order chi connectivity index (χ0) is 44.6. The zero-order valence-corrected chi connectivity index (χ0v) is 34.8. The van der Waals surface area contributed by atoms with Crippen LogP contribution in [0.3, 0.4) is 0 Å². The van der Waals surface area contributed by atoms with Crippen LogP contribution in [0.4, 0.5) is 44.7 Å². The van der Waals surface area contributed by atoms with Crippen molar-refractivity contribution in [3.8, 4) is 11.8 Å². The Hall–Kier alpha value is -5.71. The molecule has 0 spiro atoms. The maximum Gasteiger partial charge on any atom is 0.417 e. The normalized spacial score (nSPS) is 21.3. The van der Waals surface area contributed by atoms with Gasteiger partial charge >= 0.3 is 6.18 Å². The van der Waals surface area contributed by atoms with Crippen molar-refractivity contribution in [3.05, 3.63) is 77.4 Å². The van der Waals surface area contributed by atoms with E-state index in [-0.39, 0.29) is 65.7 Å². The zero-order valence-electron chi connectivity index (χ0n) is 34.0. The molecule has 3 heterocycles. The lowest BCUT2D eigenvalue weighted by atomic mass is 10.0. The van der Waals surface area contributed by atoms with Crippen molar-refractivity contribution in [2.24, 2.45) is 0 Å². The van der Waals surface area contributed by atoms with E-state index >= 15 is 8.78 Å². The molecule has 3 aromatic carbocycles. The number of nitrogens with one attached hydrogen (secondary N) is 3. The predicted octanol–water partition coefficient (Wildman–Crippen LogP) is 6.23. The number of hydrogen-bond donors (Lipinski definition) is 3. The Morgan fingerprint density at radius 2 is 1.62 bits per heavy atom. The number of benzene rings is 3. The molecule has 324 valence electrons. The van der Waals surface area contributed by atoms with Crippen LogP contribution in [0.15, 0.2) is 60.7 Å². The Morgan fingerprint density at radius 3 is 2.26 bits per heavy atom. The van der Waals surface area contributed by atoms with E-state index in [9.17, 15) is 37.6 Å². The molecule has 4 amide bonds. The van der Waals surface area contributed by atoms with Gasteiger partial charge in [-0.1, -0.05) is 6.07 Å². The van der Waals surface area contributed by atoms with E-state index in [0.717, 1.165) is 17.0 Å². The number of piperidine rings is 1. The van der Waals surface area contributed by atoms with Crippen LogP contribution in [-0.4, -0.2) is 95.0 Å². The van der Waals surface area contributed by atoms with Gasteiger partial charge in [0.25, 0.3) is 11.8 Å². The average molecular weight is 869 g/mol. The highest BCUT2D eigenvalue weighted by molar-refractivity contribution is 7.81. The Labute approximate surface area is 354 Å². The summed E-state index contributed by atoms with van der Waals surface area (Å²) >= 11 is 5.59. The highest BCUT2D eigenvalue weighted by Gasteiger charge is 2.51. The molecule has 3 aliphatic heterocycles. The number of carbonyl (C=O) groups is 4. The first-order valence-corrected chi connectivity index (χ1v) is 19.9. The number of ether oxygens (including phenoxy) is 1. The highest BCUT2D eigenvalue weighted by atomic mass is 32.1. The summed E-state index contributed by atoms with van der Waals surface area (Å²) < 4.78 is 77.7. The average Bonchev–Trinajstić information content (AvgIpc) is 3.35. The van der Waals surface area contributed by atoms with Crippen molar-refractivity contribution < 1.29 is 45.9 Å². The van der Waals surface area contributed by atoms with Gasteiger partial charge in [0.05, 0.1) is 35.0 Å². The van der Waals surface area contributed by atoms with Gasteiger partial charge in [-0.2, -0.15) is 18.4 Å². The van der Waals surface area contributed by atoms with E-state index in [1.807, 2.05) is 13.8 Å². The van der Waals surface area contributed by atoms with Gasteiger partial charge in [-0.05, 0) is 101 Å². The molecule has 6 rings (SSSR count). The maximum atomic E-state index is 15.2. The Bertz CT molecular complexity index is 2270. The number of hydrogen-bond acceptors (Lipinski definition) is 10. The maximum absolute atomic E-state index is 15.2. The third-order valence-electron chi connectivity index (χ3n) is 10.9. The van der Waals surface area contributed by atoms with Crippen LogP contribution in [0.5, 0.6) is 5.75 Å². The summed E-state index contributed by atoms with van der Waals surface area (Å²) in [7, 11) is 0. The van der Waals surface area contributed by atoms with Gasteiger partial charge in [0.1, 0.15) is 23.9 Å². The van der Waals surface area contributed by atoms with Crippen LogP contribution < -0.4 is 30.5 Å². The molecule has 3 fully saturated rings. The molecule has 0 aromatic heterocycles. The molecule has 0 aliphatic carbocycles. The topological polar surface area (TPSA) is 150 Å². The summed E-state index contributed by atoms with van der Waals surface area (Å²) in [5.41, 5.74) is -2.83. The minimum atomic E-state index is -4.89. The standard InChI is InChI=1S/C42H45F5N8O5S/c1-24-21-52(22-25(2)53(24)23-36(57)50-28-8-6-7-27(17-28)49-33-12-14-35(56)51-37(33)58)15-16-60-34-13-11-30(19-32(34)41(5,43)44)55-39(61)54(38(59)40(55,3)4)29-10-9-26(20-48)31(18-29)42(45,46)47/h6-11,13,17-19,24-25,33,49H,12,14-16,21-23H2,1-5H3,(H,50,57)(H,51,56,58)/t24-,25+,33?. The first-order valence-electron chi connectivity index (χ1n) is 19.5. The number of halogens is 5. The second-order valence-corrected chi connectivity index (χ2v) is 16.3. The molecule has 3 saturated heterocycles. The van der Waals surface area contributed by atoms with Gasteiger partial charge in [0.2, 0.25) is 17.7 Å². The van der Waals surface area contributed by atoms with Crippen molar-refractivity contribution in [2.45, 2.75) is 83.2 Å². The SMILES string of the molecule is C[C@@H]1CN(CCOc2ccc(N3C(=S)N(c4ccc(C#N)c(C(F)(F)F)c4)C(=O)C3(C)C)cc2C(C)(F)F)C[C@H](C)N1CC(=O)Nc1cccc(NC2CCC(=O)NC2=O)c1. The number of imide groups is 1. The molecule has 0 radical (unpaired) electrons. The lowest BCUT2D eigenvalue weighted by Crippen LogP contribution is -2.58. The van der Waals surface area contributed by atoms with Crippen molar-refractivity contribution in [2.75, 3.05) is 53.2 Å². The van der Waals surface area contributed by atoms with Crippen LogP contribution in [0.25, 0.3) is 0 Å². The Kier molecular flexibility index (Phi) is 12.7. The molecule has 1 unspecified atom stereocenters.